The molecule has 0 aromatic heterocycles. The SMILES string of the molecule is O=C1Oc2ccc(cc2)OC/C=C/COc2ccc(cc2)OC(=O)[C@@H]2CC=CC[C@@H]2C(=O)OCCOCCOCCOCCOC(=O)[C@@H]2CC=CC[C@H]12. The van der Waals surface area contributed by atoms with Crippen LogP contribution in [0.4, 0.5) is 0 Å². The summed E-state index contributed by atoms with van der Waals surface area (Å²) in [5.74, 6) is -2.76. The highest BCUT2D eigenvalue weighted by Crippen LogP contribution is 2.31. The molecule has 53 heavy (non-hydrogen) atoms. The van der Waals surface area contributed by atoms with Gasteiger partial charge in [0.15, 0.2) is 0 Å². The quantitative estimate of drug-likeness (QED) is 0.207. The molecule has 0 saturated heterocycles. The molecule has 3 aliphatic heterocycles. The maximum absolute atomic E-state index is 13.0. The number of esters is 4. The summed E-state index contributed by atoms with van der Waals surface area (Å²) >= 11 is 0. The molecule has 0 N–H and O–H groups in total. The van der Waals surface area contributed by atoms with E-state index in [0.29, 0.717) is 61.9 Å². The van der Waals surface area contributed by atoms with Crippen LogP contribution in [-0.4, -0.2) is 89.9 Å². The lowest BCUT2D eigenvalue weighted by Crippen LogP contribution is -2.35. The summed E-state index contributed by atoms with van der Waals surface area (Å²) in [6.07, 6.45) is 12.6. The third kappa shape index (κ3) is 12.9. The summed E-state index contributed by atoms with van der Waals surface area (Å²) in [5.41, 5.74) is 0. The van der Waals surface area contributed by atoms with E-state index in [4.69, 9.17) is 42.6 Å². The van der Waals surface area contributed by atoms with E-state index in [1.54, 1.807) is 48.5 Å². The Balaban J connectivity index is 1.14. The molecule has 2 aromatic rings. The van der Waals surface area contributed by atoms with Crippen molar-refractivity contribution in [2.45, 2.75) is 25.7 Å². The molecular weight excluding hydrogens is 688 g/mol. The van der Waals surface area contributed by atoms with E-state index in [2.05, 4.69) is 0 Å². The van der Waals surface area contributed by atoms with Gasteiger partial charge in [-0.25, -0.2) is 0 Å². The minimum absolute atomic E-state index is 0.0405. The average Bonchev–Trinajstić information content (AvgIpc) is 3.18. The number of rotatable bonds is 0. The van der Waals surface area contributed by atoms with Gasteiger partial charge in [-0.2, -0.15) is 0 Å². The van der Waals surface area contributed by atoms with Crippen LogP contribution < -0.4 is 18.9 Å². The topological polar surface area (TPSA) is 151 Å². The van der Waals surface area contributed by atoms with E-state index in [1.165, 1.54) is 0 Å². The molecule has 0 fully saturated rings. The minimum atomic E-state index is -0.669. The van der Waals surface area contributed by atoms with Crippen LogP contribution >= 0.6 is 0 Å². The molecule has 284 valence electrons. The van der Waals surface area contributed by atoms with Gasteiger partial charge in [0.25, 0.3) is 0 Å². The van der Waals surface area contributed by atoms with Crippen molar-refractivity contribution in [2.24, 2.45) is 23.7 Å². The molecule has 13 nitrogen and oxygen atoms in total. The summed E-state index contributed by atoms with van der Waals surface area (Å²) in [5, 5.41) is 0. The maximum atomic E-state index is 13.0. The first-order valence-electron chi connectivity index (χ1n) is 17.9. The molecule has 2 aliphatic carbocycles. The molecule has 4 atom stereocenters. The number of carbonyl (C=O) groups excluding carboxylic acids is 4. The first kappa shape index (κ1) is 39.2. The lowest BCUT2D eigenvalue weighted by atomic mass is 9.83. The lowest BCUT2D eigenvalue weighted by Gasteiger charge is -2.25. The minimum Gasteiger partial charge on any atom is -0.490 e. The number of fused-ring (bicyclic) bond motifs is 2. The Morgan fingerprint density at radius 1 is 0.340 bits per heavy atom. The number of allylic oxidation sites excluding steroid dienone is 4. The van der Waals surface area contributed by atoms with Crippen molar-refractivity contribution in [3.05, 3.63) is 85.0 Å². The fourth-order valence-corrected chi connectivity index (χ4v) is 5.84. The second-order valence-electron chi connectivity index (χ2n) is 12.4. The summed E-state index contributed by atoms with van der Waals surface area (Å²) < 4.78 is 50.0. The molecule has 13 heteroatoms. The Morgan fingerprint density at radius 3 is 1.00 bits per heavy atom. The van der Waals surface area contributed by atoms with E-state index in [0.717, 1.165) is 0 Å². The van der Waals surface area contributed by atoms with E-state index in [9.17, 15) is 19.2 Å². The maximum Gasteiger partial charge on any atom is 0.315 e. The van der Waals surface area contributed by atoms with Crippen molar-refractivity contribution in [3.63, 3.8) is 0 Å². The van der Waals surface area contributed by atoms with Gasteiger partial charge in [-0.1, -0.05) is 24.3 Å². The van der Waals surface area contributed by atoms with Crippen LogP contribution in [0.25, 0.3) is 0 Å². The molecule has 4 bridgehead atoms. The fraction of sp³-hybridized carbons (Fsp3) is 0.450. The van der Waals surface area contributed by atoms with E-state index in [-0.39, 0.29) is 52.9 Å². The zero-order chi connectivity index (χ0) is 37.1. The highest BCUT2D eigenvalue weighted by atomic mass is 16.6. The van der Waals surface area contributed by atoms with E-state index >= 15 is 0 Å². The number of benzene rings is 2. The van der Waals surface area contributed by atoms with E-state index < -0.39 is 47.5 Å². The van der Waals surface area contributed by atoms with Crippen molar-refractivity contribution in [1.82, 2.24) is 0 Å². The second kappa shape index (κ2) is 21.5. The first-order valence-corrected chi connectivity index (χ1v) is 17.9. The van der Waals surface area contributed by atoms with Gasteiger partial charge in [0.2, 0.25) is 0 Å². The number of ether oxygens (including phenoxy) is 9. The van der Waals surface area contributed by atoms with Crippen molar-refractivity contribution in [3.8, 4) is 23.0 Å². The van der Waals surface area contributed by atoms with Gasteiger partial charge in [-0.3, -0.25) is 19.2 Å². The summed E-state index contributed by atoms with van der Waals surface area (Å²) in [6, 6.07) is 13.3. The normalized spacial score (nSPS) is 25.5. The van der Waals surface area contributed by atoms with Gasteiger partial charge in [-0.15, -0.1) is 0 Å². The van der Waals surface area contributed by atoms with Crippen LogP contribution in [0.2, 0.25) is 0 Å². The molecule has 0 amide bonds. The van der Waals surface area contributed by atoms with Gasteiger partial charge in [0.05, 0.1) is 63.3 Å². The number of hydrogen-bond donors (Lipinski definition) is 0. The number of hydrogen-bond acceptors (Lipinski definition) is 13. The number of carbonyl (C=O) groups is 4. The Morgan fingerprint density at radius 2 is 0.642 bits per heavy atom. The fourth-order valence-electron chi connectivity index (χ4n) is 5.84. The van der Waals surface area contributed by atoms with Gasteiger partial charge < -0.3 is 42.6 Å². The van der Waals surface area contributed by atoms with Crippen molar-refractivity contribution >= 4 is 23.9 Å². The molecule has 0 unspecified atom stereocenters. The molecule has 2 aromatic carbocycles. The highest BCUT2D eigenvalue weighted by molar-refractivity contribution is 5.84. The van der Waals surface area contributed by atoms with Crippen LogP contribution in [0.15, 0.2) is 85.0 Å². The predicted octanol–water partition coefficient (Wildman–Crippen LogP) is 4.83. The van der Waals surface area contributed by atoms with Gasteiger partial charge in [0, 0.05) is 0 Å². The van der Waals surface area contributed by atoms with Crippen LogP contribution in [0, 0.1) is 23.7 Å². The van der Waals surface area contributed by atoms with E-state index in [1.807, 2.05) is 36.5 Å². The zero-order valence-corrected chi connectivity index (χ0v) is 29.6. The Bertz CT molecular complexity index is 1450. The standard InChI is InChI=1S/C40H46O13/c41-37-33-7-1-3-9-35(33)39(43)52-31-15-11-29(12-16-31)48-19-5-6-20-49-30-13-17-32(18-14-30)53-40(44)36-10-4-2-8-34(36)38(42)51-28-26-47-24-22-45-21-23-46-25-27-50-37/h1-6,11-18,33-36H,7-10,19-28H2/b6-5+/t33-,34+,35+,36-. The Hall–Kier alpha value is -4.98. The molecule has 3 heterocycles. The Kier molecular flexibility index (Phi) is 15.9. The van der Waals surface area contributed by atoms with Gasteiger partial charge >= 0.3 is 23.9 Å². The zero-order valence-electron chi connectivity index (χ0n) is 29.6. The van der Waals surface area contributed by atoms with Gasteiger partial charge in [0.1, 0.15) is 49.4 Å². The molecule has 0 radical (unpaired) electrons. The Labute approximate surface area is 308 Å². The van der Waals surface area contributed by atoms with Gasteiger partial charge in [-0.05, 0) is 86.4 Å². The second-order valence-corrected chi connectivity index (χ2v) is 12.4. The molecular formula is C40H46O13. The summed E-state index contributed by atoms with van der Waals surface area (Å²) in [7, 11) is 0. The predicted molar refractivity (Wildman–Crippen MR) is 189 cm³/mol. The monoisotopic (exact) mass is 734 g/mol. The van der Waals surface area contributed by atoms with Crippen LogP contribution in [-0.2, 0) is 42.9 Å². The highest BCUT2D eigenvalue weighted by Gasteiger charge is 2.37. The van der Waals surface area contributed by atoms with Crippen molar-refractivity contribution in [2.75, 3.05) is 66.1 Å². The first-order chi connectivity index (χ1) is 26.0. The van der Waals surface area contributed by atoms with Crippen LogP contribution in [0.1, 0.15) is 25.7 Å². The largest absolute Gasteiger partial charge is 0.490 e. The molecule has 7 rings (SSSR count). The molecule has 0 spiro atoms. The third-order valence-corrected chi connectivity index (χ3v) is 8.71. The third-order valence-electron chi connectivity index (χ3n) is 8.71. The lowest BCUT2D eigenvalue weighted by molar-refractivity contribution is -0.158. The van der Waals surface area contributed by atoms with Crippen molar-refractivity contribution in [1.29, 1.82) is 0 Å². The molecule has 5 aliphatic rings. The summed E-state index contributed by atoms with van der Waals surface area (Å²) in [4.78, 5) is 51.8. The van der Waals surface area contributed by atoms with Crippen molar-refractivity contribution < 1.29 is 61.8 Å². The smallest absolute Gasteiger partial charge is 0.315 e. The molecule has 0 saturated carbocycles. The summed E-state index contributed by atoms with van der Waals surface area (Å²) in [6.45, 7) is 2.19. The van der Waals surface area contributed by atoms with Crippen LogP contribution in [0.3, 0.4) is 0 Å². The van der Waals surface area contributed by atoms with Crippen LogP contribution in [0.5, 0.6) is 23.0 Å². The average molecular weight is 735 g/mol.